The molecule has 9 heteroatoms. The van der Waals surface area contributed by atoms with Gasteiger partial charge in [-0.3, -0.25) is 13.8 Å². The van der Waals surface area contributed by atoms with Gasteiger partial charge in [-0.15, -0.1) is 0 Å². The fourth-order valence-corrected chi connectivity index (χ4v) is 9.37. The van der Waals surface area contributed by atoms with Gasteiger partial charge in [0.15, 0.2) is 0 Å². The summed E-state index contributed by atoms with van der Waals surface area (Å²) in [5.41, 5.74) is 5.39. The van der Waals surface area contributed by atoms with Crippen molar-refractivity contribution in [1.29, 1.82) is 0 Å². The molecule has 1 unspecified atom stereocenters. The van der Waals surface area contributed by atoms with Crippen LogP contribution in [0.3, 0.4) is 0 Å². The monoisotopic (exact) mass is 887 g/mol. The number of nitrogens with two attached hydrogens (primary N) is 1. The molecule has 366 valence electrons. The van der Waals surface area contributed by atoms with Crippen molar-refractivity contribution in [2.75, 3.05) is 19.8 Å². The fourth-order valence-electron chi connectivity index (χ4n) is 8.61. The minimum atomic E-state index is -4.31. The van der Waals surface area contributed by atoms with E-state index < -0.39 is 20.0 Å². The molecule has 0 aliphatic heterocycles. The Bertz CT molecular complexity index is 926. The van der Waals surface area contributed by atoms with E-state index in [0.29, 0.717) is 12.8 Å². The number of phosphoric ester groups is 1. The highest BCUT2D eigenvalue weighted by atomic mass is 31.2. The van der Waals surface area contributed by atoms with Crippen LogP contribution in [0.2, 0.25) is 0 Å². The Hall–Kier alpha value is -0.500. The molecule has 0 heterocycles. The molecule has 0 fully saturated rings. The van der Waals surface area contributed by atoms with E-state index in [9.17, 15) is 19.4 Å². The normalized spacial score (nSPS) is 13.7. The molecule has 61 heavy (non-hydrogen) atoms. The third kappa shape index (κ3) is 47.3. The van der Waals surface area contributed by atoms with E-state index in [4.69, 9.17) is 14.8 Å². The highest BCUT2D eigenvalue weighted by Gasteiger charge is 2.27. The third-order valence-corrected chi connectivity index (χ3v) is 13.7. The maximum atomic E-state index is 12.8. The first-order valence-corrected chi connectivity index (χ1v) is 28.6. The minimum Gasteiger partial charge on any atom is -0.391 e. The molecular formula is C52H107N2O6P. The van der Waals surface area contributed by atoms with E-state index in [1.807, 2.05) is 0 Å². The van der Waals surface area contributed by atoms with Gasteiger partial charge in [-0.25, -0.2) is 4.57 Å². The molecule has 0 aromatic rings. The summed E-state index contributed by atoms with van der Waals surface area (Å²) >= 11 is 0. The molecule has 0 saturated heterocycles. The number of aliphatic hydroxyl groups is 1. The van der Waals surface area contributed by atoms with E-state index in [1.54, 1.807) is 0 Å². The molecule has 0 radical (unpaired) electrons. The lowest BCUT2D eigenvalue weighted by molar-refractivity contribution is -0.123. The summed E-state index contributed by atoms with van der Waals surface area (Å²) in [6, 6.07) is -0.768. The SMILES string of the molecule is CCCCCCCCCCCCCCCCCCCCCCCCCCCCCCCCCC(=O)N[C@@H](COP(=O)(O)OCCN)[C@H](O)CCCCCCCCCCCCC. The second-order valence-corrected chi connectivity index (χ2v) is 20.3. The number of unbranched alkanes of at least 4 members (excludes halogenated alkanes) is 40. The Morgan fingerprint density at radius 2 is 0.754 bits per heavy atom. The Kier molecular flexibility index (Phi) is 48.5. The number of nitrogens with one attached hydrogen (secondary N) is 1. The number of phosphoric acid groups is 1. The summed E-state index contributed by atoms with van der Waals surface area (Å²) in [5, 5.41) is 13.8. The van der Waals surface area contributed by atoms with Crippen LogP contribution < -0.4 is 11.1 Å². The zero-order valence-corrected chi connectivity index (χ0v) is 41.8. The van der Waals surface area contributed by atoms with Crippen molar-refractivity contribution in [2.45, 2.75) is 309 Å². The summed E-state index contributed by atoms with van der Waals surface area (Å²) in [6.45, 7) is 4.24. The second kappa shape index (κ2) is 48.9. The lowest BCUT2D eigenvalue weighted by Crippen LogP contribution is -2.46. The van der Waals surface area contributed by atoms with E-state index in [0.717, 1.165) is 38.5 Å². The van der Waals surface area contributed by atoms with E-state index >= 15 is 0 Å². The number of rotatable bonds is 52. The standard InChI is InChI=1S/C52H107N2O6P/c1-3-5-7-9-11-13-15-16-17-18-19-20-21-22-23-24-25-26-27-28-29-30-31-32-33-34-36-38-40-42-44-46-52(56)54-50(49-60-61(57,58)59-48-47-53)51(55)45-43-41-39-37-35-14-12-10-8-6-4-2/h50-51,55H,3-49,53H2,1-2H3,(H,54,56)(H,57,58)/t50-,51+/m0/s1. The predicted molar refractivity (Wildman–Crippen MR) is 263 cm³/mol. The van der Waals surface area contributed by atoms with Crippen molar-refractivity contribution in [2.24, 2.45) is 5.73 Å². The molecule has 5 N–H and O–H groups in total. The molecule has 8 nitrogen and oxygen atoms in total. The van der Waals surface area contributed by atoms with Gasteiger partial charge in [0.25, 0.3) is 0 Å². The number of hydrogen-bond donors (Lipinski definition) is 4. The van der Waals surface area contributed by atoms with Crippen LogP contribution in [-0.2, 0) is 18.4 Å². The van der Waals surface area contributed by atoms with Crippen molar-refractivity contribution >= 4 is 13.7 Å². The van der Waals surface area contributed by atoms with Gasteiger partial charge in [-0.05, 0) is 12.8 Å². The predicted octanol–water partition coefficient (Wildman–Crippen LogP) is 16.1. The highest BCUT2D eigenvalue weighted by molar-refractivity contribution is 7.47. The Morgan fingerprint density at radius 1 is 0.475 bits per heavy atom. The van der Waals surface area contributed by atoms with Crippen molar-refractivity contribution in [3.8, 4) is 0 Å². The van der Waals surface area contributed by atoms with Gasteiger partial charge in [0.05, 0.1) is 25.4 Å². The first kappa shape index (κ1) is 60.5. The van der Waals surface area contributed by atoms with Gasteiger partial charge in [-0.1, -0.05) is 277 Å². The van der Waals surface area contributed by atoms with Crippen molar-refractivity contribution < 1.29 is 28.4 Å². The summed E-state index contributed by atoms with van der Waals surface area (Å²) < 4.78 is 22.2. The van der Waals surface area contributed by atoms with Gasteiger partial charge >= 0.3 is 7.82 Å². The number of aliphatic hydroxyl groups excluding tert-OH is 1. The summed E-state index contributed by atoms with van der Waals surface area (Å²) in [7, 11) is -4.31. The molecule has 0 aromatic carbocycles. The van der Waals surface area contributed by atoms with Gasteiger partial charge in [-0.2, -0.15) is 0 Å². The topological polar surface area (TPSA) is 131 Å². The molecule has 0 saturated carbocycles. The molecule has 3 atom stereocenters. The smallest absolute Gasteiger partial charge is 0.391 e. The molecule has 0 aliphatic carbocycles. The Labute approximate surface area is 380 Å². The summed E-state index contributed by atoms with van der Waals surface area (Å²) in [5.74, 6) is -0.155. The Balaban J connectivity index is 3.77. The van der Waals surface area contributed by atoms with E-state index in [1.165, 1.54) is 231 Å². The van der Waals surface area contributed by atoms with Crippen LogP contribution in [0, 0.1) is 0 Å². The average Bonchev–Trinajstić information content (AvgIpc) is 3.25. The first-order chi connectivity index (χ1) is 29.9. The molecular weight excluding hydrogens is 780 g/mol. The average molecular weight is 887 g/mol. The molecule has 0 rings (SSSR count). The summed E-state index contributed by atoms with van der Waals surface area (Å²) in [4.78, 5) is 22.8. The number of hydrogen-bond acceptors (Lipinski definition) is 6. The molecule has 0 aliphatic rings. The van der Waals surface area contributed by atoms with Crippen LogP contribution in [0.15, 0.2) is 0 Å². The van der Waals surface area contributed by atoms with Crippen molar-refractivity contribution in [3.05, 3.63) is 0 Å². The lowest BCUT2D eigenvalue weighted by atomic mass is 10.0. The second-order valence-electron chi connectivity index (χ2n) is 18.8. The van der Waals surface area contributed by atoms with E-state index in [2.05, 4.69) is 19.2 Å². The summed E-state index contributed by atoms with van der Waals surface area (Å²) in [6.07, 6.45) is 55.9. The van der Waals surface area contributed by atoms with Crippen LogP contribution in [0.5, 0.6) is 0 Å². The third-order valence-electron chi connectivity index (χ3n) is 12.7. The van der Waals surface area contributed by atoms with E-state index in [-0.39, 0.29) is 25.7 Å². The minimum absolute atomic E-state index is 0.0925. The number of carbonyl (C=O) groups is 1. The zero-order valence-electron chi connectivity index (χ0n) is 40.9. The number of amides is 1. The Morgan fingerprint density at radius 3 is 1.05 bits per heavy atom. The quantitative estimate of drug-likeness (QED) is 0.0353. The van der Waals surface area contributed by atoms with Gasteiger partial charge in [0.2, 0.25) is 5.91 Å². The lowest BCUT2D eigenvalue weighted by Gasteiger charge is -2.25. The fraction of sp³-hybridized carbons (Fsp3) is 0.981. The van der Waals surface area contributed by atoms with Crippen LogP contribution in [0.4, 0.5) is 0 Å². The zero-order chi connectivity index (χ0) is 44.6. The van der Waals surface area contributed by atoms with Gasteiger partial charge in [0.1, 0.15) is 0 Å². The number of carbonyl (C=O) groups excluding carboxylic acids is 1. The molecule has 0 aromatic heterocycles. The van der Waals surface area contributed by atoms with Crippen molar-refractivity contribution in [3.63, 3.8) is 0 Å². The van der Waals surface area contributed by atoms with Gasteiger partial charge in [0, 0.05) is 13.0 Å². The maximum absolute atomic E-state index is 12.8. The molecule has 0 spiro atoms. The molecule has 0 bridgehead atoms. The largest absolute Gasteiger partial charge is 0.472 e. The maximum Gasteiger partial charge on any atom is 0.472 e. The first-order valence-electron chi connectivity index (χ1n) is 27.2. The molecule has 1 amide bonds. The van der Waals surface area contributed by atoms with Gasteiger partial charge < -0.3 is 21.1 Å². The van der Waals surface area contributed by atoms with Crippen LogP contribution in [0.1, 0.15) is 296 Å². The van der Waals surface area contributed by atoms with Crippen LogP contribution >= 0.6 is 7.82 Å². The van der Waals surface area contributed by atoms with Crippen LogP contribution in [-0.4, -0.2) is 47.8 Å². The van der Waals surface area contributed by atoms with Crippen LogP contribution in [0.25, 0.3) is 0 Å². The van der Waals surface area contributed by atoms with Crippen molar-refractivity contribution in [1.82, 2.24) is 5.32 Å². The highest BCUT2D eigenvalue weighted by Crippen LogP contribution is 2.43.